The standard InChI is InChI=1S/C4H2F10Si/c5-1(6,7)3(11,12)15-4(13,14)2(8,9)10/h15H2. The average Bonchev–Trinajstić information content (AvgIpc) is 1.77. The van der Waals surface area contributed by atoms with Gasteiger partial charge in [0.1, 0.15) is 0 Å². The molecule has 0 aromatic rings. The molecule has 0 amide bonds. The van der Waals surface area contributed by atoms with Crippen molar-refractivity contribution in [3.63, 3.8) is 0 Å². The average molecular weight is 268 g/mol. The third-order valence-corrected chi connectivity index (χ3v) is 2.96. The molecular formula is C4H2F10Si. The number of halogens is 10. The van der Waals surface area contributed by atoms with Crippen LogP contribution < -0.4 is 0 Å². The van der Waals surface area contributed by atoms with Gasteiger partial charge in [-0.05, 0) is 0 Å². The van der Waals surface area contributed by atoms with E-state index in [0.717, 1.165) is 0 Å². The summed E-state index contributed by atoms with van der Waals surface area (Å²) in [5.74, 6) is 0. The second-order valence-electron chi connectivity index (χ2n) is 2.58. The molecule has 0 aromatic heterocycles. The fraction of sp³-hybridized carbons (Fsp3) is 1.00. The fourth-order valence-corrected chi connectivity index (χ4v) is 1.44. The predicted molar refractivity (Wildman–Crippen MR) is 30.5 cm³/mol. The van der Waals surface area contributed by atoms with Crippen LogP contribution in [0.25, 0.3) is 0 Å². The van der Waals surface area contributed by atoms with Gasteiger partial charge in [-0.15, -0.1) is 0 Å². The van der Waals surface area contributed by atoms with E-state index in [9.17, 15) is 43.9 Å². The van der Waals surface area contributed by atoms with E-state index >= 15 is 0 Å². The second-order valence-corrected chi connectivity index (χ2v) is 4.71. The summed E-state index contributed by atoms with van der Waals surface area (Å²) in [7, 11) is -5.06. The topological polar surface area (TPSA) is 0 Å². The Balaban J connectivity index is 4.89. The molecule has 0 aliphatic carbocycles. The molecule has 15 heavy (non-hydrogen) atoms. The van der Waals surface area contributed by atoms with Crippen LogP contribution in [0.5, 0.6) is 0 Å². The highest BCUT2D eigenvalue weighted by atomic mass is 28.2. The fourth-order valence-electron chi connectivity index (χ4n) is 0.479. The van der Waals surface area contributed by atoms with Gasteiger partial charge in [0.05, 0.1) is 0 Å². The molecule has 92 valence electrons. The summed E-state index contributed by atoms with van der Waals surface area (Å²) in [4.78, 5) is 0. The molecule has 0 heterocycles. The van der Waals surface area contributed by atoms with E-state index in [-0.39, 0.29) is 0 Å². The molecule has 0 spiro atoms. The van der Waals surface area contributed by atoms with Gasteiger partial charge in [0.25, 0.3) is 0 Å². The van der Waals surface area contributed by atoms with Gasteiger partial charge < -0.3 is 0 Å². The highest BCUT2D eigenvalue weighted by Crippen LogP contribution is 2.42. The van der Waals surface area contributed by atoms with Crippen molar-refractivity contribution in [1.82, 2.24) is 0 Å². The number of rotatable bonds is 2. The quantitative estimate of drug-likeness (QED) is 0.533. The molecule has 0 atom stereocenters. The zero-order chi connectivity index (χ0) is 12.7. The van der Waals surface area contributed by atoms with Crippen molar-refractivity contribution in [3.8, 4) is 0 Å². The number of alkyl halides is 10. The summed E-state index contributed by atoms with van der Waals surface area (Å²) in [6.07, 6.45) is -12.8. The van der Waals surface area contributed by atoms with E-state index < -0.39 is 33.0 Å². The van der Waals surface area contributed by atoms with Gasteiger partial charge in [-0.3, -0.25) is 0 Å². The minimum atomic E-state index is -6.38. The Morgan fingerprint density at radius 3 is 0.800 bits per heavy atom. The van der Waals surface area contributed by atoms with Crippen LogP contribution in [0.4, 0.5) is 43.9 Å². The van der Waals surface area contributed by atoms with Gasteiger partial charge in [0, 0.05) is 0 Å². The zero-order valence-electron chi connectivity index (χ0n) is 6.49. The Morgan fingerprint density at radius 2 is 0.667 bits per heavy atom. The Bertz CT molecular complexity index is 199. The number of hydrogen-bond acceptors (Lipinski definition) is 0. The first-order chi connectivity index (χ1) is 6.21. The largest absolute Gasteiger partial charge is 0.448 e. The maximum atomic E-state index is 11.9. The highest BCUT2D eigenvalue weighted by Gasteiger charge is 2.69. The smallest absolute Gasteiger partial charge is 0.202 e. The van der Waals surface area contributed by atoms with Crippen molar-refractivity contribution < 1.29 is 43.9 Å². The van der Waals surface area contributed by atoms with E-state index in [1.807, 2.05) is 0 Å². The summed E-state index contributed by atoms with van der Waals surface area (Å²) in [5, 5.41) is 0. The van der Waals surface area contributed by atoms with Crippen LogP contribution >= 0.6 is 0 Å². The molecule has 0 saturated carbocycles. The predicted octanol–water partition coefficient (Wildman–Crippen LogP) is 2.47. The van der Waals surface area contributed by atoms with Gasteiger partial charge in [-0.1, -0.05) is 0 Å². The first kappa shape index (κ1) is 14.5. The molecule has 0 nitrogen and oxygen atoms in total. The van der Waals surface area contributed by atoms with Crippen LogP contribution in [0.15, 0.2) is 0 Å². The van der Waals surface area contributed by atoms with E-state index in [4.69, 9.17) is 0 Å². The second kappa shape index (κ2) is 3.52. The van der Waals surface area contributed by atoms with Crippen molar-refractivity contribution in [1.29, 1.82) is 0 Å². The van der Waals surface area contributed by atoms with E-state index in [2.05, 4.69) is 0 Å². The van der Waals surface area contributed by atoms with Crippen molar-refractivity contribution >= 4 is 9.52 Å². The molecular weight excluding hydrogens is 266 g/mol. The lowest BCUT2D eigenvalue weighted by Gasteiger charge is -2.25. The van der Waals surface area contributed by atoms with Gasteiger partial charge in [-0.2, -0.15) is 26.3 Å². The van der Waals surface area contributed by atoms with Crippen LogP contribution in [-0.4, -0.2) is 33.0 Å². The molecule has 0 aromatic carbocycles. The van der Waals surface area contributed by atoms with Crippen molar-refractivity contribution in [2.75, 3.05) is 0 Å². The first-order valence-electron chi connectivity index (χ1n) is 3.10. The van der Waals surface area contributed by atoms with Gasteiger partial charge >= 0.3 is 23.4 Å². The SMILES string of the molecule is FC(F)(F)C(F)(F)[SiH2]C(F)(F)C(F)(F)F. The molecule has 0 rings (SSSR count). The van der Waals surface area contributed by atoms with E-state index in [1.165, 1.54) is 0 Å². The molecule has 0 saturated heterocycles. The maximum Gasteiger partial charge on any atom is 0.448 e. The summed E-state index contributed by atoms with van der Waals surface area (Å²) >= 11 is 0. The van der Waals surface area contributed by atoms with Crippen LogP contribution in [0.2, 0.25) is 0 Å². The van der Waals surface area contributed by atoms with Crippen molar-refractivity contribution in [2.45, 2.75) is 23.4 Å². The molecule has 0 unspecified atom stereocenters. The Morgan fingerprint density at radius 1 is 0.467 bits per heavy atom. The van der Waals surface area contributed by atoms with E-state index in [0.29, 0.717) is 0 Å². The Labute approximate surface area is 78.1 Å². The minimum absolute atomic E-state index is 5.06. The van der Waals surface area contributed by atoms with Gasteiger partial charge in [0.15, 0.2) is 0 Å². The van der Waals surface area contributed by atoms with Gasteiger partial charge in [0.2, 0.25) is 9.52 Å². The summed E-state index contributed by atoms with van der Waals surface area (Å²) in [6, 6.07) is 0. The summed E-state index contributed by atoms with van der Waals surface area (Å²) in [6.45, 7) is 0. The van der Waals surface area contributed by atoms with Crippen LogP contribution in [0, 0.1) is 0 Å². The lowest BCUT2D eigenvalue weighted by molar-refractivity contribution is -0.268. The monoisotopic (exact) mass is 268 g/mol. The third kappa shape index (κ3) is 3.24. The Kier molecular flexibility index (Phi) is 3.41. The molecule has 0 N–H and O–H groups in total. The van der Waals surface area contributed by atoms with Crippen LogP contribution in [0.1, 0.15) is 0 Å². The van der Waals surface area contributed by atoms with Crippen LogP contribution in [-0.2, 0) is 0 Å². The maximum absolute atomic E-state index is 11.9. The third-order valence-electron chi connectivity index (χ3n) is 1.27. The van der Waals surface area contributed by atoms with Crippen LogP contribution in [0.3, 0.4) is 0 Å². The summed E-state index contributed by atoms with van der Waals surface area (Å²) < 4.78 is 116. The Hall–Kier alpha value is -0.483. The summed E-state index contributed by atoms with van der Waals surface area (Å²) in [5.41, 5.74) is -11.9. The van der Waals surface area contributed by atoms with Crippen molar-refractivity contribution in [2.24, 2.45) is 0 Å². The van der Waals surface area contributed by atoms with Crippen molar-refractivity contribution in [3.05, 3.63) is 0 Å². The number of hydrogen-bond donors (Lipinski definition) is 0. The van der Waals surface area contributed by atoms with E-state index in [1.54, 1.807) is 0 Å². The molecule has 0 bridgehead atoms. The normalized spacial score (nSPS) is 15.6. The zero-order valence-corrected chi connectivity index (χ0v) is 7.90. The highest BCUT2D eigenvalue weighted by molar-refractivity contribution is 6.42. The first-order valence-corrected chi connectivity index (χ1v) is 4.51. The molecule has 0 aliphatic rings. The molecule has 0 aliphatic heterocycles. The molecule has 11 heteroatoms. The van der Waals surface area contributed by atoms with Gasteiger partial charge in [-0.25, -0.2) is 17.6 Å². The minimum Gasteiger partial charge on any atom is -0.202 e. The lowest BCUT2D eigenvalue weighted by Crippen LogP contribution is -2.55. The molecule has 0 fully saturated rings. The molecule has 0 radical (unpaired) electrons. The lowest BCUT2D eigenvalue weighted by atomic mass is 10.7.